The van der Waals surface area contributed by atoms with E-state index in [4.69, 9.17) is 0 Å². The van der Waals surface area contributed by atoms with Crippen molar-refractivity contribution in [3.8, 4) is 0 Å². The second-order valence-electron chi connectivity index (χ2n) is 5.07. The molecular weight excluding hydrogens is 228 g/mol. The van der Waals surface area contributed by atoms with Crippen LogP contribution in [0.3, 0.4) is 0 Å². The van der Waals surface area contributed by atoms with Crippen LogP contribution < -0.4 is 10.6 Å². The molecule has 0 bridgehead atoms. The first-order valence-corrected chi connectivity index (χ1v) is 6.70. The Morgan fingerprint density at radius 2 is 2.44 bits per heavy atom. The van der Waals surface area contributed by atoms with E-state index in [9.17, 15) is 4.79 Å². The molecule has 5 heteroatoms. The third-order valence-corrected chi connectivity index (χ3v) is 3.28. The van der Waals surface area contributed by atoms with Gasteiger partial charge in [-0.25, -0.2) is 4.98 Å². The number of carbonyl (C=O) groups excluding carboxylic acids is 1. The fourth-order valence-electron chi connectivity index (χ4n) is 2.11. The molecule has 1 amide bonds. The van der Waals surface area contributed by atoms with Crippen molar-refractivity contribution in [2.24, 2.45) is 0 Å². The summed E-state index contributed by atoms with van der Waals surface area (Å²) in [6, 6.07) is 0.0458. The van der Waals surface area contributed by atoms with Gasteiger partial charge in [0.15, 0.2) is 0 Å². The maximum Gasteiger partial charge on any atom is 0.237 e. The minimum absolute atomic E-state index is 0.0458. The Balaban J connectivity index is 1.68. The minimum atomic E-state index is 0.0458. The van der Waals surface area contributed by atoms with Crippen LogP contribution in [0.1, 0.15) is 38.4 Å². The van der Waals surface area contributed by atoms with Crippen LogP contribution >= 0.6 is 0 Å². The van der Waals surface area contributed by atoms with Gasteiger partial charge in [0, 0.05) is 31.4 Å². The van der Waals surface area contributed by atoms with E-state index in [0.717, 1.165) is 38.3 Å². The number of carbonyl (C=O) groups is 1. The van der Waals surface area contributed by atoms with Crippen molar-refractivity contribution < 1.29 is 4.79 Å². The molecule has 0 unspecified atom stereocenters. The second kappa shape index (κ2) is 6.00. The molecule has 1 saturated heterocycles. The van der Waals surface area contributed by atoms with E-state index in [0.29, 0.717) is 5.92 Å². The van der Waals surface area contributed by atoms with Crippen molar-refractivity contribution in [3.63, 3.8) is 0 Å². The Hall–Kier alpha value is -1.36. The molecule has 1 fully saturated rings. The van der Waals surface area contributed by atoms with Gasteiger partial charge in [0.1, 0.15) is 5.82 Å². The predicted octanol–water partition coefficient (Wildman–Crippen LogP) is 0.875. The topological polar surface area (TPSA) is 59.0 Å². The number of aryl methyl sites for hydroxylation is 1. The average Bonchev–Trinajstić information content (AvgIpc) is 2.70. The summed E-state index contributed by atoms with van der Waals surface area (Å²) in [4.78, 5) is 15.9. The lowest BCUT2D eigenvalue weighted by Gasteiger charge is -2.26. The summed E-state index contributed by atoms with van der Waals surface area (Å²) in [5.41, 5.74) is 0. The first kappa shape index (κ1) is 13.1. The van der Waals surface area contributed by atoms with Crippen LogP contribution in [0, 0.1) is 0 Å². The Morgan fingerprint density at radius 3 is 3.06 bits per heavy atom. The summed E-state index contributed by atoms with van der Waals surface area (Å²) in [6.45, 7) is 6.88. The van der Waals surface area contributed by atoms with Crippen LogP contribution in [0.5, 0.6) is 0 Å². The largest absolute Gasteiger partial charge is 0.355 e. The van der Waals surface area contributed by atoms with Crippen LogP contribution in [0.15, 0.2) is 12.4 Å². The van der Waals surface area contributed by atoms with E-state index < -0.39 is 0 Å². The first-order chi connectivity index (χ1) is 8.68. The first-order valence-electron chi connectivity index (χ1n) is 6.70. The molecule has 1 aliphatic heterocycles. The van der Waals surface area contributed by atoms with Crippen molar-refractivity contribution >= 4 is 5.91 Å². The molecule has 18 heavy (non-hydrogen) atoms. The summed E-state index contributed by atoms with van der Waals surface area (Å²) >= 11 is 0. The molecule has 0 aliphatic carbocycles. The number of hydrogen-bond donors (Lipinski definition) is 2. The molecule has 2 rings (SSSR count). The van der Waals surface area contributed by atoms with Gasteiger partial charge >= 0.3 is 0 Å². The highest BCUT2D eigenvalue weighted by Gasteiger charge is 2.23. The van der Waals surface area contributed by atoms with Gasteiger partial charge in [0.05, 0.1) is 6.04 Å². The summed E-state index contributed by atoms with van der Waals surface area (Å²) in [7, 11) is 0. The van der Waals surface area contributed by atoms with E-state index in [1.807, 2.05) is 12.4 Å². The minimum Gasteiger partial charge on any atom is -0.355 e. The lowest BCUT2D eigenvalue weighted by Crippen LogP contribution is -2.53. The molecule has 0 radical (unpaired) electrons. The van der Waals surface area contributed by atoms with Crippen molar-refractivity contribution in [2.75, 3.05) is 13.1 Å². The molecule has 0 saturated carbocycles. The number of aromatic nitrogens is 2. The Morgan fingerprint density at radius 1 is 1.67 bits per heavy atom. The second-order valence-corrected chi connectivity index (χ2v) is 5.07. The zero-order valence-electron chi connectivity index (χ0n) is 11.1. The summed E-state index contributed by atoms with van der Waals surface area (Å²) in [5, 5.41) is 6.06. The van der Waals surface area contributed by atoms with Gasteiger partial charge in [-0.05, 0) is 19.4 Å². The molecular formula is C13H22N4O. The summed E-state index contributed by atoms with van der Waals surface area (Å²) < 4.78 is 2.17. The van der Waals surface area contributed by atoms with Crippen molar-refractivity contribution in [2.45, 2.75) is 45.2 Å². The van der Waals surface area contributed by atoms with Gasteiger partial charge in [-0.15, -0.1) is 0 Å². The highest BCUT2D eigenvalue weighted by molar-refractivity contribution is 5.82. The number of amides is 1. The molecule has 1 aromatic heterocycles. The lowest BCUT2D eigenvalue weighted by atomic mass is 10.1. The monoisotopic (exact) mass is 250 g/mol. The van der Waals surface area contributed by atoms with Gasteiger partial charge in [0.25, 0.3) is 0 Å². The standard InChI is InChI=1S/C13H22N4O/c1-10(2)12-15-7-9-17(12)8-3-5-16-13(18)11-4-6-14-11/h7,9-11,14H,3-6,8H2,1-2H3,(H,16,18)/t11-/m1/s1. The number of rotatable bonds is 6. The summed E-state index contributed by atoms with van der Waals surface area (Å²) in [6.07, 6.45) is 5.75. The quantitative estimate of drug-likeness (QED) is 0.737. The van der Waals surface area contributed by atoms with Gasteiger partial charge in [-0.3, -0.25) is 4.79 Å². The number of nitrogens with zero attached hydrogens (tertiary/aromatic N) is 2. The molecule has 0 aromatic carbocycles. The maximum absolute atomic E-state index is 11.6. The Bertz CT molecular complexity index is 395. The predicted molar refractivity (Wildman–Crippen MR) is 70.4 cm³/mol. The van der Waals surface area contributed by atoms with Gasteiger partial charge in [-0.1, -0.05) is 13.8 Å². The zero-order chi connectivity index (χ0) is 13.0. The van der Waals surface area contributed by atoms with E-state index in [1.165, 1.54) is 0 Å². The van der Waals surface area contributed by atoms with E-state index in [2.05, 4.69) is 34.0 Å². The van der Waals surface area contributed by atoms with Crippen LogP contribution in [-0.4, -0.2) is 34.6 Å². The molecule has 1 aliphatic rings. The summed E-state index contributed by atoms with van der Waals surface area (Å²) in [5.74, 6) is 1.69. The molecule has 5 nitrogen and oxygen atoms in total. The van der Waals surface area contributed by atoms with E-state index in [1.54, 1.807) is 0 Å². The van der Waals surface area contributed by atoms with E-state index >= 15 is 0 Å². The highest BCUT2D eigenvalue weighted by atomic mass is 16.2. The van der Waals surface area contributed by atoms with Crippen molar-refractivity contribution in [3.05, 3.63) is 18.2 Å². The van der Waals surface area contributed by atoms with Crippen molar-refractivity contribution in [1.29, 1.82) is 0 Å². The third-order valence-electron chi connectivity index (χ3n) is 3.28. The molecule has 1 atom stereocenters. The third kappa shape index (κ3) is 3.10. The van der Waals surface area contributed by atoms with E-state index in [-0.39, 0.29) is 11.9 Å². The SMILES string of the molecule is CC(C)c1nccn1CCCNC(=O)[C@H]1CCN1. The molecule has 2 N–H and O–H groups in total. The van der Waals surface area contributed by atoms with Crippen LogP contribution in [0.2, 0.25) is 0 Å². The molecule has 2 heterocycles. The zero-order valence-corrected chi connectivity index (χ0v) is 11.1. The number of imidazole rings is 1. The maximum atomic E-state index is 11.6. The van der Waals surface area contributed by atoms with Crippen LogP contribution in [0.25, 0.3) is 0 Å². The Labute approximate surface area is 108 Å². The average molecular weight is 250 g/mol. The fourth-order valence-corrected chi connectivity index (χ4v) is 2.11. The number of nitrogens with one attached hydrogen (secondary N) is 2. The normalized spacial score (nSPS) is 18.7. The fraction of sp³-hybridized carbons (Fsp3) is 0.692. The highest BCUT2D eigenvalue weighted by Crippen LogP contribution is 2.11. The smallest absolute Gasteiger partial charge is 0.237 e. The number of hydrogen-bond acceptors (Lipinski definition) is 3. The Kier molecular flexibility index (Phi) is 4.36. The lowest BCUT2D eigenvalue weighted by molar-refractivity contribution is -0.124. The van der Waals surface area contributed by atoms with Crippen molar-refractivity contribution in [1.82, 2.24) is 20.2 Å². The van der Waals surface area contributed by atoms with Gasteiger partial charge < -0.3 is 15.2 Å². The van der Waals surface area contributed by atoms with Gasteiger partial charge in [0.2, 0.25) is 5.91 Å². The van der Waals surface area contributed by atoms with Crippen LogP contribution in [-0.2, 0) is 11.3 Å². The van der Waals surface area contributed by atoms with Crippen LogP contribution in [0.4, 0.5) is 0 Å². The molecule has 1 aromatic rings. The van der Waals surface area contributed by atoms with Gasteiger partial charge in [-0.2, -0.15) is 0 Å². The molecule has 0 spiro atoms. The molecule has 100 valence electrons.